The van der Waals surface area contributed by atoms with Crippen molar-refractivity contribution in [3.63, 3.8) is 0 Å². The smallest absolute Gasteiger partial charge is 0.168 e. The molecule has 0 aliphatic carbocycles. The first-order valence-electron chi connectivity index (χ1n) is 8.67. The molecular weight excluding hydrogens is 320 g/mol. The van der Waals surface area contributed by atoms with Crippen molar-refractivity contribution < 1.29 is 0 Å². The summed E-state index contributed by atoms with van der Waals surface area (Å²) in [7, 11) is 0. The molecule has 3 heterocycles. The molecule has 0 radical (unpaired) electrons. The van der Waals surface area contributed by atoms with Crippen LogP contribution in [-0.4, -0.2) is 62.7 Å². The molecule has 1 aliphatic rings. The van der Waals surface area contributed by atoms with Gasteiger partial charge in [0.2, 0.25) is 0 Å². The predicted octanol–water partition coefficient (Wildman–Crippen LogP) is 2.43. The average molecular weight is 347 g/mol. The Labute approximate surface area is 147 Å². The van der Waals surface area contributed by atoms with E-state index in [4.69, 9.17) is 0 Å². The van der Waals surface area contributed by atoms with Crippen molar-refractivity contribution in [2.45, 2.75) is 32.4 Å². The third-order valence-corrected chi connectivity index (χ3v) is 5.40. The molecule has 2 aromatic rings. The second-order valence-corrected chi connectivity index (χ2v) is 7.24. The first-order valence-corrected chi connectivity index (χ1v) is 9.55. The minimum atomic E-state index is 0.302. The molecular formula is C17H26N6S. The summed E-state index contributed by atoms with van der Waals surface area (Å²) in [5.74, 6) is 1.00. The SMILES string of the molecule is C=CCN1CCN(C(CCC)c2nnnn2Cc2cccs2)CC1. The van der Waals surface area contributed by atoms with Crippen LogP contribution in [0.1, 0.15) is 36.5 Å². The maximum atomic E-state index is 4.38. The number of aromatic nitrogens is 4. The molecule has 0 spiro atoms. The van der Waals surface area contributed by atoms with E-state index in [0.717, 1.165) is 57.9 Å². The number of hydrogen-bond donors (Lipinski definition) is 0. The van der Waals surface area contributed by atoms with Crippen LogP contribution >= 0.6 is 11.3 Å². The normalized spacial score (nSPS) is 17.9. The van der Waals surface area contributed by atoms with Gasteiger partial charge >= 0.3 is 0 Å². The Bertz CT molecular complexity index is 615. The van der Waals surface area contributed by atoms with Gasteiger partial charge in [0.1, 0.15) is 0 Å². The van der Waals surface area contributed by atoms with Crippen LogP contribution in [0.15, 0.2) is 30.2 Å². The van der Waals surface area contributed by atoms with E-state index in [-0.39, 0.29) is 0 Å². The Morgan fingerprint density at radius 3 is 2.83 bits per heavy atom. The third-order valence-electron chi connectivity index (χ3n) is 4.54. The Morgan fingerprint density at radius 2 is 2.17 bits per heavy atom. The summed E-state index contributed by atoms with van der Waals surface area (Å²) in [6, 6.07) is 4.52. The highest BCUT2D eigenvalue weighted by Crippen LogP contribution is 2.25. The summed E-state index contributed by atoms with van der Waals surface area (Å²) in [6.45, 7) is 12.1. The van der Waals surface area contributed by atoms with E-state index < -0.39 is 0 Å². The maximum absolute atomic E-state index is 4.38. The van der Waals surface area contributed by atoms with Gasteiger partial charge in [-0.05, 0) is 28.3 Å². The van der Waals surface area contributed by atoms with Gasteiger partial charge in [-0.1, -0.05) is 25.5 Å². The van der Waals surface area contributed by atoms with Gasteiger partial charge in [0.15, 0.2) is 5.82 Å². The number of thiophene rings is 1. The summed E-state index contributed by atoms with van der Waals surface area (Å²) in [5, 5.41) is 14.7. The Kier molecular flexibility index (Phi) is 6.12. The van der Waals surface area contributed by atoms with Crippen LogP contribution in [0, 0.1) is 0 Å². The molecule has 7 heteroatoms. The standard InChI is InChI=1S/C17H26N6S/c1-3-6-16(22-11-9-21(8-4-2)10-12-22)17-18-19-20-23(17)14-15-7-5-13-24-15/h4-5,7,13,16H,2-3,6,8-12,14H2,1H3. The molecule has 0 amide bonds. The van der Waals surface area contributed by atoms with Crippen LogP contribution in [-0.2, 0) is 6.54 Å². The molecule has 0 saturated carbocycles. The van der Waals surface area contributed by atoms with Gasteiger partial charge in [0, 0.05) is 37.6 Å². The largest absolute Gasteiger partial charge is 0.297 e. The number of tetrazole rings is 1. The van der Waals surface area contributed by atoms with Gasteiger partial charge in [-0.15, -0.1) is 23.0 Å². The fourth-order valence-corrected chi connectivity index (χ4v) is 3.99. The lowest BCUT2D eigenvalue weighted by Crippen LogP contribution is -2.48. The van der Waals surface area contributed by atoms with Crippen LogP contribution in [0.5, 0.6) is 0 Å². The molecule has 1 saturated heterocycles. The van der Waals surface area contributed by atoms with Gasteiger partial charge in [-0.2, -0.15) is 0 Å². The predicted molar refractivity (Wildman–Crippen MR) is 97.1 cm³/mol. The fourth-order valence-electron chi connectivity index (χ4n) is 3.30. The van der Waals surface area contributed by atoms with Crippen molar-refractivity contribution in [2.75, 3.05) is 32.7 Å². The van der Waals surface area contributed by atoms with E-state index in [1.54, 1.807) is 11.3 Å². The highest BCUT2D eigenvalue weighted by molar-refractivity contribution is 7.09. The molecule has 0 bridgehead atoms. The number of rotatable bonds is 8. The monoisotopic (exact) mass is 346 g/mol. The van der Waals surface area contributed by atoms with Crippen LogP contribution in [0.25, 0.3) is 0 Å². The van der Waals surface area contributed by atoms with Gasteiger partial charge in [0.25, 0.3) is 0 Å². The maximum Gasteiger partial charge on any atom is 0.168 e. The van der Waals surface area contributed by atoms with Crippen LogP contribution in [0.2, 0.25) is 0 Å². The van der Waals surface area contributed by atoms with Crippen molar-refractivity contribution in [1.82, 2.24) is 30.0 Å². The van der Waals surface area contributed by atoms with Crippen molar-refractivity contribution in [1.29, 1.82) is 0 Å². The lowest BCUT2D eigenvalue weighted by atomic mass is 10.1. The molecule has 1 atom stereocenters. The Hall–Kier alpha value is -1.57. The van der Waals surface area contributed by atoms with Crippen molar-refractivity contribution >= 4 is 11.3 Å². The zero-order chi connectivity index (χ0) is 16.8. The van der Waals surface area contributed by atoms with Crippen molar-refractivity contribution in [3.05, 3.63) is 40.9 Å². The van der Waals surface area contributed by atoms with Crippen LogP contribution in [0.4, 0.5) is 0 Å². The molecule has 0 aromatic carbocycles. The van der Waals surface area contributed by atoms with Gasteiger partial charge in [0.05, 0.1) is 12.6 Å². The number of nitrogens with zero attached hydrogens (tertiary/aromatic N) is 6. The first kappa shape index (κ1) is 17.3. The summed E-state index contributed by atoms with van der Waals surface area (Å²) in [4.78, 5) is 6.27. The van der Waals surface area contributed by atoms with Crippen molar-refractivity contribution in [3.8, 4) is 0 Å². The third kappa shape index (κ3) is 4.09. The summed E-state index contributed by atoms with van der Waals surface area (Å²) >= 11 is 1.75. The summed E-state index contributed by atoms with van der Waals surface area (Å²) in [6.07, 6.45) is 4.20. The molecule has 0 N–H and O–H groups in total. The molecule has 3 rings (SSSR count). The zero-order valence-corrected chi connectivity index (χ0v) is 15.2. The number of piperazine rings is 1. The van der Waals surface area contributed by atoms with E-state index in [1.165, 1.54) is 4.88 Å². The lowest BCUT2D eigenvalue weighted by molar-refractivity contribution is 0.0923. The van der Waals surface area contributed by atoms with Gasteiger partial charge in [-0.3, -0.25) is 9.80 Å². The van der Waals surface area contributed by atoms with E-state index in [0.29, 0.717) is 6.04 Å². The van der Waals surface area contributed by atoms with Crippen LogP contribution in [0.3, 0.4) is 0 Å². The minimum absolute atomic E-state index is 0.302. The highest BCUT2D eigenvalue weighted by Gasteiger charge is 2.28. The summed E-state index contributed by atoms with van der Waals surface area (Å²) < 4.78 is 1.97. The van der Waals surface area contributed by atoms with E-state index in [9.17, 15) is 0 Å². The van der Waals surface area contributed by atoms with Crippen LogP contribution < -0.4 is 0 Å². The first-order chi connectivity index (χ1) is 11.8. The average Bonchev–Trinajstić information content (AvgIpc) is 3.26. The molecule has 130 valence electrons. The van der Waals surface area contributed by atoms with E-state index in [2.05, 4.69) is 56.3 Å². The number of hydrogen-bond acceptors (Lipinski definition) is 6. The molecule has 24 heavy (non-hydrogen) atoms. The van der Waals surface area contributed by atoms with Gasteiger partial charge < -0.3 is 0 Å². The summed E-state index contributed by atoms with van der Waals surface area (Å²) in [5.41, 5.74) is 0. The highest BCUT2D eigenvalue weighted by atomic mass is 32.1. The van der Waals surface area contributed by atoms with Gasteiger partial charge in [-0.25, -0.2) is 4.68 Å². The minimum Gasteiger partial charge on any atom is -0.297 e. The molecule has 1 unspecified atom stereocenters. The Balaban J connectivity index is 1.72. The van der Waals surface area contributed by atoms with E-state index in [1.807, 2.05) is 10.8 Å². The Morgan fingerprint density at radius 1 is 1.33 bits per heavy atom. The lowest BCUT2D eigenvalue weighted by Gasteiger charge is -2.38. The molecule has 1 aliphatic heterocycles. The van der Waals surface area contributed by atoms with Crippen molar-refractivity contribution in [2.24, 2.45) is 0 Å². The topological polar surface area (TPSA) is 50.1 Å². The molecule has 1 fully saturated rings. The molecule has 6 nitrogen and oxygen atoms in total. The molecule has 2 aromatic heterocycles. The van der Waals surface area contributed by atoms with E-state index >= 15 is 0 Å². The fraction of sp³-hybridized carbons (Fsp3) is 0.588. The second kappa shape index (κ2) is 8.50. The second-order valence-electron chi connectivity index (χ2n) is 6.20. The quantitative estimate of drug-likeness (QED) is 0.687. The zero-order valence-electron chi connectivity index (χ0n) is 14.3.